The van der Waals surface area contributed by atoms with Crippen molar-refractivity contribution in [3.8, 4) is 5.75 Å². The molecule has 2 aliphatic heterocycles. The van der Waals surface area contributed by atoms with Gasteiger partial charge in [-0.2, -0.15) is 0 Å². The van der Waals surface area contributed by atoms with Crippen LogP contribution in [0.5, 0.6) is 5.75 Å². The largest absolute Gasteiger partial charge is 0.491 e. The zero-order chi connectivity index (χ0) is 36.9. The van der Waals surface area contributed by atoms with E-state index in [-0.39, 0.29) is 29.9 Å². The van der Waals surface area contributed by atoms with Gasteiger partial charge in [0.05, 0.1) is 31.1 Å². The molecule has 2 amide bonds. The van der Waals surface area contributed by atoms with Gasteiger partial charge in [0.15, 0.2) is 0 Å². The average molecular weight is 779 g/mol. The summed E-state index contributed by atoms with van der Waals surface area (Å²) in [6.07, 6.45) is 13.7. The van der Waals surface area contributed by atoms with E-state index < -0.39 is 5.79 Å². The van der Waals surface area contributed by atoms with Crippen molar-refractivity contribution in [1.29, 1.82) is 0 Å². The van der Waals surface area contributed by atoms with Crippen molar-refractivity contribution >= 4 is 40.7 Å². The van der Waals surface area contributed by atoms with E-state index >= 15 is 0 Å². The topological polar surface area (TPSA) is 107 Å². The molecule has 9 rings (SSSR count). The van der Waals surface area contributed by atoms with Crippen molar-refractivity contribution in [2.45, 2.75) is 63.4 Å². The van der Waals surface area contributed by atoms with Crippen LogP contribution in [0.3, 0.4) is 0 Å². The predicted octanol–water partition coefficient (Wildman–Crippen LogP) is 5.93. The molecule has 5 unspecified atom stereocenters. The Morgan fingerprint density at radius 2 is 1.81 bits per heavy atom. The summed E-state index contributed by atoms with van der Waals surface area (Å²) >= 11 is 12.8. The standard InChI is InChI=1S/C41H49Cl2N5O6/c42-31-1-6-35(36(43)17-31)41(26-46-9-7-44-27-46)53-24-34(54-41)23-52-33-4-2-32(3-5-33)47-10-12-48(13-11-47)38(50)25-51-14-8-45-37(49)22-39-18-29-15-28-16-30(21-39)40(39,19-28)20-29/h1-7,9,17,27-30,34H,8,10-16,18-26H2,(H,45,49)/t28?,29?,30?,34-,39?,40?,41-/m0/s1. The highest BCUT2D eigenvalue weighted by atomic mass is 35.5. The highest BCUT2D eigenvalue weighted by molar-refractivity contribution is 6.35. The summed E-state index contributed by atoms with van der Waals surface area (Å²) < 4.78 is 26.5. The lowest BCUT2D eigenvalue weighted by molar-refractivity contribution is -0.189. The van der Waals surface area contributed by atoms with Crippen molar-refractivity contribution in [3.05, 3.63) is 76.8 Å². The Morgan fingerprint density at radius 3 is 2.61 bits per heavy atom. The van der Waals surface area contributed by atoms with Crippen molar-refractivity contribution in [3.63, 3.8) is 0 Å². The van der Waals surface area contributed by atoms with E-state index in [1.54, 1.807) is 24.7 Å². The maximum atomic E-state index is 12.9. The fourth-order valence-electron chi connectivity index (χ4n) is 11.3. The zero-order valence-corrected chi connectivity index (χ0v) is 32.1. The van der Waals surface area contributed by atoms with Crippen LogP contribution in [0.4, 0.5) is 5.69 Å². The van der Waals surface area contributed by atoms with Crippen molar-refractivity contribution < 1.29 is 28.5 Å². The van der Waals surface area contributed by atoms with Crippen LogP contribution in [0.1, 0.15) is 50.5 Å². The molecule has 6 aliphatic rings. The van der Waals surface area contributed by atoms with Crippen LogP contribution in [0.25, 0.3) is 0 Å². The summed E-state index contributed by atoms with van der Waals surface area (Å²) in [5.41, 5.74) is 2.52. The molecular weight excluding hydrogens is 729 g/mol. The molecule has 1 N–H and O–H groups in total. The molecule has 3 aromatic rings. The van der Waals surface area contributed by atoms with Crippen LogP contribution in [0.2, 0.25) is 10.0 Å². The monoisotopic (exact) mass is 777 g/mol. The quantitative estimate of drug-likeness (QED) is 0.201. The molecule has 1 aromatic heterocycles. The minimum atomic E-state index is -1.11. The molecular formula is C41H49Cl2N5O6. The zero-order valence-electron chi connectivity index (χ0n) is 30.6. The van der Waals surface area contributed by atoms with Gasteiger partial charge < -0.3 is 38.6 Å². The van der Waals surface area contributed by atoms with E-state index in [1.165, 1.54) is 38.5 Å². The van der Waals surface area contributed by atoms with Crippen molar-refractivity contribution in [1.82, 2.24) is 19.8 Å². The summed E-state index contributed by atoms with van der Waals surface area (Å²) in [6, 6.07) is 13.3. The van der Waals surface area contributed by atoms with Gasteiger partial charge in [0.2, 0.25) is 17.6 Å². The van der Waals surface area contributed by atoms with Gasteiger partial charge in [-0.3, -0.25) is 9.59 Å². The molecule has 3 bridgehead atoms. The Labute approximate surface area is 326 Å². The third kappa shape index (κ3) is 6.78. The van der Waals surface area contributed by atoms with Crippen LogP contribution >= 0.6 is 23.2 Å². The van der Waals surface area contributed by atoms with E-state index in [0.717, 1.165) is 42.3 Å². The molecule has 7 atom stereocenters. The fourth-order valence-corrected chi connectivity index (χ4v) is 11.9. The Bertz CT molecular complexity index is 1830. The molecule has 6 fully saturated rings. The molecule has 2 saturated heterocycles. The molecule has 3 heterocycles. The Hall–Kier alpha value is -3.35. The number of nitrogens with zero attached hydrogens (tertiary/aromatic N) is 4. The van der Waals surface area contributed by atoms with Gasteiger partial charge in [0.1, 0.15) is 25.1 Å². The lowest BCUT2D eigenvalue weighted by atomic mass is 9.45. The third-order valence-electron chi connectivity index (χ3n) is 13.5. The van der Waals surface area contributed by atoms with E-state index in [4.69, 9.17) is 42.1 Å². The second-order valence-electron chi connectivity index (χ2n) is 16.6. The lowest BCUT2D eigenvalue weighted by Crippen LogP contribution is -2.54. The number of halogens is 2. The molecule has 0 radical (unpaired) electrons. The molecule has 1 spiro atoms. The molecule has 4 aliphatic carbocycles. The van der Waals surface area contributed by atoms with E-state index in [9.17, 15) is 9.59 Å². The Kier molecular flexibility index (Phi) is 9.83. The number of hydrogen-bond acceptors (Lipinski definition) is 8. The second-order valence-corrected chi connectivity index (χ2v) is 17.4. The number of fused-ring (bicyclic) bond motifs is 2. The average Bonchev–Trinajstić information content (AvgIpc) is 3.91. The first kappa shape index (κ1) is 36.3. The first-order valence-electron chi connectivity index (χ1n) is 19.5. The molecule has 11 nitrogen and oxygen atoms in total. The van der Waals surface area contributed by atoms with Gasteiger partial charge in [-0.05, 0) is 104 Å². The third-order valence-corrected chi connectivity index (χ3v) is 14.0. The van der Waals surface area contributed by atoms with Crippen LogP contribution in [-0.2, 0) is 36.1 Å². The number of imidazole rings is 1. The summed E-state index contributed by atoms with van der Waals surface area (Å²) in [6.45, 7) is 4.54. The van der Waals surface area contributed by atoms with Gasteiger partial charge in [0.25, 0.3) is 0 Å². The number of amides is 2. The molecule has 4 saturated carbocycles. The van der Waals surface area contributed by atoms with Gasteiger partial charge in [-0.15, -0.1) is 0 Å². The van der Waals surface area contributed by atoms with E-state index in [2.05, 4.69) is 15.2 Å². The van der Waals surface area contributed by atoms with E-state index in [1.807, 2.05) is 46.0 Å². The lowest BCUT2D eigenvalue weighted by Gasteiger charge is -2.59. The minimum absolute atomic E-state index is 0.0114. The van der Waals surface area contributed by atoms with Crippen LogP contribution in [-0.4, -0.2) is 91.5 Å². The molecule has 13 heteroatoms. The number of aromatic nitrogens is 2. The predicted molar refractivity (Wildman–Crippen MR) is 203 cm³/mol. The SMILES string of the molecule is O=C(CC12CC3CC4CC(C1)C2(C4)C3)NCCOCC(=O)N1CCN(c2ccc(OC[C@H]3CO[C@](Cn4ccnc4)(c4ccc(Cl)cc4Cl)O3)cc2)CC1. The van der Waals surface area contributed by atoms with Gasteiger partial charge in [0, 0.05) is 67.8 Å². The number of rotatable bonds is 14. The van der Waals surface area contributed by atoms with E-state index in [0.29, 0.717) is 73.4 Å². The maximum Gasteiger partial charge on any atom is 0.248 e. The number of hydrogen-bond donors (Lipinski definition) is 1. The molecule has 2 aromatic carbocycles. The minimum Gasteiger partial charge on any atom is -0.491 e. The first-order valence-corrected chi connectivity index (χ1v) is 20.3. The Morgan fingerprint density at radius 1 is 0.981 bits per heavy atom. The highest BCUT2D eigenvalue weighted by Crippen LogP contribution is 2.82. The first-order chi connectivity index (χ1) is 26.2. The molecule has 54 heavy (non-hydrogen) atoms. The normalized spacial score (nSPS) is 32.1. The number of carbonyl (C=O) groups is 2. The summed E-state index contributed by atoms with van der Waals surface area (Å²) in [5, 5.41) is 4.09. The smallest absolute Gasteiger partial charge is 0.248 e. The number of ether oxygens (including phenoxy) is 4. The van der Waals surface area contributed by atoms with Crippen molar-refractivity contribution in [2.24, 2.45) is 28.6 Å². The molecule has 288 valence electrons. The van der Waals surface area contributed by atoms with Crippen molar-refractivity contribution in [2.75, 3.05) is 64.1 Å². The van der Waals surface area contributed by atoms with Crippen LogP contribution in [0, 0.1) is 28.6 Å². The van der Waals surface area contributed by atoms with Gasteiger partial charge in [-0.25, -0.2) is 4.98 Å². The summed E-state index contributed by atoms with van der Waals surface area (Å²) in [5.74, 6) is 2.42. The van der Waals surface area contributed by atoms with Gasteiger partial charge in [-0.1, -0.05) is 29.3 Å². The number of anilines is 1. The second kappa shape index (κ2) is 14.6. The summed E-state index contributed by atoms with van der Waals surface area (Å²) in [7, 11) is 0. The van der Waals surface area contributed by atoms with Crippen LogP contribution < -0.4 is 15.0 Å². The number of nitrogens with one attached hydrogen (secondary N) is 1. The van der Waals surface area contributed by atoms with Crippen LogP contribution in [0.15, 0.2) is 61.2 Å². The number of benzene rings is 2. The fraction of sp³-hybridized carbons (Fsp3) is 0.585. The Balaban J connectivity index is 0.685. The number of piperazine rings is 1. The maximum absolute atomic E-state index is 12.9. The van der Waals surface area contributed by atoms with Gasteiger partial charge >= 0.3 is 0 Å². The summed E-state index contributed by atoms with van der Waals surface area (Å²) in [4.78, 5) is 34.1. The highest BCUT2D eigenvalue weighted by Gasteiger charge is 2.74. The number of carbonyl (C=O) groups excluding carboxylic acids is 2.